The number of methoxy groups -OCH3 is 4. The van der Waals surface area contributed by atoms with E-state index in [4.69, 9.17) is 98.1 Å². The molecule has 126 heavy (non-hydrogen) atoms. The molecule has 27 nitrogen and oxygen atoms in total. The largest absolute Gasteiger partial charge is 0.497 e. The van der Waals surface area contributed by atoms with E-state index in [-0.39, 0.29) is 106 Å². The van der Waals surface area contributed by atoms with Crippen LogP contribution in [0.2, 0.25) is 0 Å². The molecule has 0 aliphatic carbocycles. The number of carbonyl (C=O) groups is 6. The van der Waals surface area contributed by atoms with E-state index >= 15 is 0 Å². The van der Waals surface area contributed by atoms with Gasteiger partial charge < -0.3 is 97.7 Å². The molecule has 700 valence electrons. The number of hydroxylamine groups is 2. The van der Waals surface area contributed by atoms with E-state index in [2.05, 4.69) is 92.6 Å². The fraction of sp³-hybridized carbons (Fsp3) is 0.537. The van der Waals surface area contributed by atoms with Crippen molar-refractivity contribution in [2.45, 2.75) is 201 Å². The number of amides is 2. The predicted molar refractivity (Wildman–Crippen MR) is 496 cm³/mol. The maximum absolute atomic E-state index is 11.4. The average molecular weight is 1840 g/mol. The molecule has 0 bridgehead atoms. The van der Waals surface area contributed by atoms with E-state index in [1.165, 1.54) is 0 Å². The van der Waals surface area contributed by atoms with Crippen LogP contribution < -0.4 is 24.7 Å². The lowest BCUT2D eigenvalue weighted by molar-refractivity contribution is -0.195. The smallest absolute Gasteiger partial charge is 0.330 e. The zero-order valence-electron chi connectivity index (χ0n) is 76.6. The number of alkyl halides is 1. The molecule has 0 spiro atoms. The first-order valence-electron chi connectivity index (χ1n) is 42.5. The van der Waals surface area contributed by atoms with E-state index in [0.29, 0.717) is 95.2 Å². The van der Waals surface area contributed by atoms with Crippen molar-refractivity contribution < 1.29 is 101 Å². The number of hydrogen-bond acceptors (Lipinski definition) is 25. The molecule has 1 aliphatic rings. The highest BCUT2D eigenvalue weighted by Crippen LogP contribution is 2.50. The highest BCUT2D eigenvalue weighted by molar-refractivity contribution is 7.78. The Balaban J connectivity index is 0.000000775. The molecule has 1 saturated heterocycles. The summed E-state index contributed by atoms with van der Waals surface area (Å²) in [5.74, 6) is 1.91. The van der Waals surface area contributed by atoms with Gasteiger partial charge in [-0.05, 0) is 221 Å². The molecule has 4 atom stereocenters. The summed E-state index contributed by atoms with van der Waals surface area (Å²) in [7, 11) is 4.25. The number of ether oxygens (including phenoxy) is 5. The number of ketones is 3. The van der Waals surface area contributed by atoms with Gasteiger partial charge in [-0.25, -0.2) is 20.7 Å². The normalized spacial score (nSPS) is 12.7. The molecule has 0 saturated carbocycles. The Kier molecular flexibility index (Phi) is 62.0. The summed E-state index contributed by atoms with van der Waals surface area (Å²) < 4.78 is 49.6. The van der Waals surface area contributed by atoms with Crippen molar-refractivity contribution in [3.05, 3.63) is 203 Å². The number of nitriles is 1. The number of hydrogen-bond donors (Lipinski definition) is 7. The third-order valence-corrected chi connectivity index (χ3v) is 24.6. The molecule has 31 heteroatoms. The Labute approximate surface area is 760 Å². The second-order valence-corrected chi connectivity index (χ2v) is 34.8. The minimum absolute atomic E-state index is 0.00455. The zero-order valence-corrected chi connectivity index (χ0v) is 79.9. The fourth-order valence-electron chi connectivity index (χ4n) is 12.7. The SMILES string of the molecule is CC(=O)CCCC(CO)CO.CC(=O)CCCC(CO)COP(OCCC#N)N(C(C)C)C(C)C.CC(=O)ON1C(=O)CCC1=O.COc1ccc(C(Cl)(c2ccccc2)c2ccc(OC)cc2)cc1.COc1ccc(C(OCC(CO)CCCC(C)=O)(c2ccccc2)c2ccc(OC)cc2)cc1.NCCC(CO)CO.[C-]#[N+]CCOP(Cl)N(C(C)C)C(C)C. The number of rotatable bonds is 49. The maximum Gasteiger partial charge on any atom is 0.330 e. The third kappa shape index (κ3) is 43.9. The van der Waals surface area contributed by atoms with Crippen LogP contribution in [0, 0.1) is 41.6 Å². The molecule has 2 amide bonds. The second-order valence-electron chi connectivity index (χ2n) is 30.7. The first-order chi connectivity index (χ1) is 60.2. The van der Waals surface area contributed by atoms with Crippen LogP contribution in [0.4, 0.5) is 0 Å². The number of aliphatic hydroxyl groups is 6. The fourth-order valence-corrected chi connectivity index (χ4v) is 17.1. The first-order valence-corrected chi connectivity index (χ1v) is 46.1. The number of aliphatic hydroxyl groups excluding tert-OH is 6. The summed E-state index contributed by atoms with van der Waals surface area (Å²) in [6, 6.07) is 55.0. The van der Waals surface area contributed by atoms with Crippen LogP contribution in [0.1, 0.15) is 200 Å². The van der Waals surface area contributed by atoms with Gasteiger partial charge >= 0.3 is 5.97 Å². The zero-order chi connectivity index (χ0) is 94.6. The Morgan fingerprint density at radius 3 is 1.14 bits per heavy atom. The quantitative estimate of drug-likeness (QED) is 0.00466. The van der Waals surface area contributed by atoms with Crippen LogP contribution in [0.15, 0.2) is 158 Å². The van der Waals surface area contributed by atoms with Gasteiger partial charge in [0.15, 0.2) is 0 Å². The monoisotopic (exact) mass is 1830 g/mol. The minimum Gasteiger partial charge on any atom is -0.497 e. The molecule has 1 fully saturated rings. The Hall–Kier alpha value is -7.96. The van der Waals surface area contributed by atoms with Gasteiger partial charge in [0.2, 0.25) is 14.2 Å². The molecular weight excluding hydrogens is 1690 g/mol. The van der Waals surface area contributed by atoms with Crippen LogP contribution in [-0.4, -0.2) is 212 Å². The number of halogens is 2. The minimum atomic E-state index is -1.28. The first kappa shape index (κ1) is 116. The number of nitrogens with zero attached hydrogens (tertiary/aromatic N) is 5. The van der Waals surface area contributed by atoms with Crippen molar-refractivity contribution in [3.8, 4) is 29.1 Å². The van der Waals surface area contributed by atoms with Crippen LogP contribution in [0.3, 0.4) is 0 Å². The van der Waals surface area contributed by atoms with Crippen molar-refractivity contribution in [3.63, 3.8) is 0 Å². The number of nitrogens with two attached hydrogens (primary N) is 1. The molecule has 8 N–H and O–H groups in total. The molecule has 7 rings (SSSR count). The van der Waals surface area contributed by atoms with Crippen molar-refractivity contribution in [2.75, 3.05) is 108 Å². The second kappa shape index (κ2) is 67.3. The molecule has 0 radical (unpaired) electrons. The van der Waals surface area contributed by atoms with Crippen molar-refractivity contribution in [1.29, 1.82) is 5.26 Å². The van der Waals surface area contributed by atoms with Gasteiger partial charge in [0.05, 0.1) is 60.7 Å². The number of benzene rings is 6. The Bertz CT molecular complexity index is 3890. The molecule has 6 aromatic carbocycles. The van der Waals surface area contributed by atoms with E-state index in [1.54, 1.807) is 49.2 Å². The molecule has 1 heterocycles. The number of carbonyl (C=O) groups excluding carboxylic acids is 6. The van der Waals surface area contributed by atoms with Crippen LogP contribution in [-0.2, 0) is 62.4 Å². The molecule has 1 aliphatic heterocycles. The summed E-state index contributed by atoms with van der Waals surface area (Å²) in [4.78, 5) is 71.5. The third-order valence-electron chi connectivity index (χ3n) is 19.4. The van der Waals surface area contributed by atoms with Gasteiger partial charge in [-0.3, -0.25) is 9.59 Å². The van der Waals surface area contributed by atoms with E-state index in [1.807, 2.05) is 146 Å². The van der Waals surface area contributed by atoms with Gasteiger partial charge in [-0.2, -0.15) is 5.26 Å². The standard InChI is InChI=1S/C29H34O5.C21H19ClO2.C17H33N2O4P.C9H18ClN2OP.C8H16O3.C6H7NO4.C5H13NO2/c1-22(31)8-7-9-23(20-30)21-34-29(24-10-5-4-6-11-24,25-12-16-27(32-2)17-13-25)26-14-18-28(33-3)19-15-26;1-23-19-12-8-17(9-13-19)21(22,16-6-4-3-5-7-16)18-10-14-20(24-2)15-11-18;1-14(2)19(15(3)4)24(22-11-7-10-18)23-13-17(12-20)9-6-8-16(5)21;1-8(2)12(9(3)4)14(10)13-7-6-11-5;1-7(11)3-2-4-8(5-9)6-10;1-4(8)11-7-5(9)2-3-6(7)10;6-2-1-5(3-7)4-8/h4-6,10-19,23,30H,7-9,20-21H2,1-3H3;3-15H,1-2H3;14-15,17,20H,6-9,11-13H2,1-5H3;8-9H,6-7H2,1-4H3;8-10H,2-6H2,1H3;2-3H2,1H3;5,7-8H,1-4,6H2. The Morgan fingerprint density at radius 1 is 0.492 bits per heavy atom. The molecule has 4 unspecified atom stereocenters. The summed E-state index contributed by atoms with van der Waals surface area (Å²) in [5, 5.41) is 62.9. The van der Waals surface area contributed by atoms with Gasteiger partial charge in [-0.1, -0.05) is 109 Å². The molecule has 0 aromatic heterocycles. The summed E-state index contributed by atoms with van der Waals surface area (Å²) in [5.41, 5.74) is 10.1. The summed E-state index contributed by atoms with van der Waals surface area (Å²) >= 11 is 13.4. The maximum atomic E-state index is 11.4. The van der Waals surface area contributed by atoms with E-state index in [9.17, 15) is 39.0 Å². The van der Waals surface area contributed by atoms with Gasteiger partial charge in [-0.15, -0.1) is 16.7 Å². The molecule has 6 aromatic rings. The number of imide groups is 1. The van der Waals surface area contributed by atoms with Gasteiger partial charge in [0.1, 0.15) is 57.4 Å². The number of Topliss-reactive ketones (excluding diaryl/α,β-unsaturated/α-hetero) is 3. The highest BCUT2D eigenvalue weighted by Gasteiger charge is 2.40. The van der Waals surface area contributed by atoms with Crippen molar-refractivity contribution in [1.82, 2.24) is 14.4 Å². The summed E-state index contributed by atoms with van der Waals surface area (Å²) in [6.45, 7) is 31.7. The van der Waals surface area contributed by atoms with Crippen molar-refractivity contribution in [2.24, 2.45) is 29.4 Å². The van der Waals surface area contributed by atoms with Gasteiger partial charge in [0.25, 0.3) is 20.3 Å². The Morgan fingerprint density at radius 2 is 0.825 bits per heavy atom. The lowest BCUT2D eigenvalue weighted by atomic mass is 9.79. The molecular formula is C95H140Cl2N6O21P2. The topological polar surface area (TPSA) is 371 Å². The lowest BCUT2D eigenvalue weighted by Crippen LogP contribution is -2.35. The van der Waals surface area contributed by atoms with E-state index in [0.717, 1.165) is 95.4 Å². The highest BCUT2D eigenvalue weighted by atomic mass is 35.7. The van der Waals surface area contributed by atoms with Crippen LogP contribution in [0.5, 0.6) is 23.0 Å². The van der Waals surface area contributed by atoms with Crippen LogP contribution in [0.25, 0.3) is 4.85 Å². The predicted octanol–water partition coefficient (Wildman–Crippen LogP) is 16.7. The van der Waals surface area contributed by atoms with Crippen LogP contribution >= 0.6 is 39.0 Å². The summed E-state index contributed by atoms with van der Waals surface area (Å²) in [6.07, 6.45) is 7.34. The average Bonchev–Trinajstić information content (AvgIpc) is 0.863. The van der Waals surface area contributed by atoms with Gasteiger partial charge in [0, 0.05) is 127 Å². The van der Waals surface area contributed by atoms with Crippen molar-refractivity contribution >= 4 is 74.2 Å². The lowest BCUT2D eigenvalue weighted by Gasteiger charge is -2.37. The van der Waals surface area contributed by atoms with E-state index < -0.39 is 44.4 Å².